The van der Waals surface area contributed by atoms with E-state index in [1.807, 2.05) is 25.3 Å². The second kappa shape index (κ2) is 6.83. The molecule has 0 aromatic heterocycles. The Labute approximate surface area is 116 Å². The molecule has 2 nitrogen and oxygen atoms in total. The number of nitrogens with zero attached hydrogens (tertiary/aromatic N) is 1. The van der Waals surface area contributed by atoms with Crippen molar-refractivity contribution in [2.75, 3.05) is 13.6 Å². The van der Waals surface area contributed by atoms with Crippen molar-refractivity contribution in [2.45, 2.75) is 39.4 Å². The predicted octanol–water partition coefficient (Wildman–Crippen LogP) is 3.33. The standard InChI is InChI=1S/C16H25FN2/c1-6-9-19(16(2,3)4)12-14-10-13(11-18-5)7-8-15(14)17/h6-8,10,18H,1,9,11-12H2,2-5H3. The topological polar surface area (TPSA) is 15.3 Å². The fourth-order valence-corrected chi connectivity index (χ4v) is 2.00. The van der Waals surface area contributed by atoms with Gasteiger partial charge in [0, 0.05) is 30.7 Å². The Kier molecular flexibility index (Phi) is 5.70. The predicted molar refractivity (Wildman–Crippen MR) is 79.5 cm³/mol. The Balaban J connectivity index is 2.94. The van der Waals surface area contributed by atoms with Gasteiger partial charge in [0.2, 0.25) is 0 Å². The monoisotopic (exact) mass is 264 g/mol. The van der Waals surface area contributed by atoms with Gasteiger partial charge in [-0.3, -0.25) is 4.90 Å². The molecule has 0 atom stereocenters. The van der Waals surface area contributed by atoms with Crippen LogP contribution in [0.15, 0.2) is 30.9 Å². The molecule has 106 valence electrons. The maximum absolute atomic E-state index is 13.9. The van der Waals surface area contributed by atoms with Crippen molar-refractivity contribution in [1.82, 2.24) is 10.2 Å². The van der Waals surface area contributed by atoms with Crippen LogP contribution in [-0.4, -0.2) is 24.0 Å². The number of benzene rings is 1. The molecule has 0 spiro atoms. The van der Waals surface area contributed by atoms with E-state index in [0.717, 1.165) is 24.2 Å². The van der Waals surface area contributed by atoms with E-state index in [2.05, 4.69) is 37.6 Å². The minimum absolute atomic E-state index is 0.0142. The van der Waals surface area contributed by atoms with Crippen molar-refractivity contribution < 1.29 is 4.39 Å². The quantitative estimate of drug-likeness (QED) is 0.793. The molecule has 1 aromatic rings. The first-order valence-electron chi connectivity index (χ1n) is 6.66. The average molecular weight is 264 g/mol. The van der Waals surface area contributed by atoms with Crippen LogP contribution in [0.2, 0.25) is 0 Å². The molecular weight excluding hydrogens is 239 g/mol. The summed E-state index contributed by atoms with van der Waals surface area (Å²) >= 11 is 0. The molecule has 0 bridgehead atoms. The zero-order chi connectivity index (χ0) is 14.5. The summed E-state index contributed by atoms with van der Waals surface area (Å²) in [6.07, 6.45) is 1.86. The van der Waals surface area contributed by atoms with Crippen molar-refractivity contribution in [3.8, 4) is 0 Å². The lowest BCUT2D eigenvalue weighted by atomic mass is 10.0. The summed E-state index contributed by atoms with van der Waals surface area (Å²) in [7, 11) is 1.89. The molecule has 0 aliphatic carbocycles. The number of halogens is 1. The van der Waals surface area contributed by atoms with Crippen molar-refractivity contribution in [3.05, 3.63) is 47.8 Å². The summed E-state index contributed by atoms with van der Waals surface area (Å²) in [4.78, 5) is 2.21. The maximum atomic E-state index is 13.9. The molecule has 0 aliphatic heterocycles. The Morgan fingerprint density at radius 2 is 2.05 bits per heavy atom. The highest BCUT2D eigenvalue weighted by Crippen LogP contribution is 2.20. The smallest absolute Gasteiger partial charge is 0.127 e. The maximum Gasteiger partial charge on any atom is 0.127 e. The van der Waals surface area contributed by atoms with Crippen LogP contribution in [-0.2, 0) is 13.1 Å². The summed E-state index contributed by atoms with van der Waals surface area (Å²) in [6.45, 7) is 12.3. The number of nitrogens with one attached hydrogen (secondary N) is 1. The van der Waals surface area contributed by atoms with E-state index in [4.69, 9.17) is 0 Å². The Morgan fingerprint density at radius 1 is 1.37 bits per heavy atom. The van der Waals surface area contributed by atoms with Gasteiger partial charge >= 0.3 is 0 Å². The van der Waals surface area contributed by atoms with Gasteiger partial charge in [0.1, 0.15) is 5.82 Å². The van der Waals surface area contributed by atoms with E-state index in [1.165, 1.54) is 0 Å². The minimum Gasteiger partial charge on any atom is -0.316 e. The largest absolute Gasteiger partial charge is 0.316 e. The minimum atomic E-state index is -0.141. The van der Waals surface area contributed by atoms with Crippen LogP contribution in [0, 0.1) is 5.82 Å². The Hall–Kier alpha value is -1.19. The first kappa shape index (κ1) is 15.9. The third-order valence-corrected chi connectivity index (χ3v) is 3.15. The first-order valence-corrected chi connectivity index (χ1v) is 6.66. The van der Waals surface area contributed by atoms with Crippen LogP contribution in [0.1, 0.15) is 31.9 Å². The van der Waals surface area contributed by atoms with E-state index in [-0.39, 0.29) is 11.4 Å². The van der Waals surface area contributed by atoms with Crippen LogP contribution >= 0.6 is 0 Å². The van der Waals surface area contributed by atoms with Gasteiger partial charge in [0.05, 0.1) is 0 Å². The van der Waals surface area contributed by atoms with Crippen LogP contribution in [0.3, 0.4) is 0 Å². The molecule has 1 N–H and O–H groups in total. The van der Waals surface area contributed by atoms with Gasteiger partial charge in [-0.1, -0.05) is 18.2 Å². The van der Waals surface area contributed by atoms with Crippen molar-refractivity contribution in [1.29, 1.82) is 0 Å². The Morgan fingerprint density at radius 3 is 2.58 bits per heavy atom. The van der Waals surface area contributed by atoms with Crippen LogP contribution in [0.5, 0.6) is 0 Å². The fraction of sp³-hybridized carbons (Fsp3) is 0.500. The highest BCUT2D eigenvalue weighted by molar-refractivity contribution is 5.25. The van der Waals surface area contributed by atoms with E-state index in [1.54, 1.807) is 6.07 Å². The normalized spacial score (nSPS) is 11.9. The molecule has 0 heterocycles. The SMILES string of the molecule is C=CCN(Cc1cc(CNC)ccc1F)C(C)(C)C. The molecule has 0 radical (unpaired) electrons. The highest BCUT2D eigenvalue weighted by Gasteiger charge is 2.21. The highest BCUT2D eigenvalue weighted by atomic mass is 19.1. The molecule has 0 saturated carbocycles. The molecule has 1 rings (SSSR count). The molecule has 0 aliphatic rings. The number of rotatable bonds is 6. The van der Waals surface area contributed by atoms with Crippen LogP contribution < -0.4 is 5.32 Å². The first-order chi connectivity index (χ1) is 8.88. The molecular formula is C16H25FN2. The van der Waals surface area contributed by atoms with Crippen LogP contribution in [0.4, 0.5) is 4.39 Å². The second-order valence-corrected chi connectivity index (χ2v) is 5.80. The molecule has 0 amide bonds. The average Bonchev–Trinajstić information content (AvgIpc) is 2.32. The lowest BCUT2D eigenvalue weighted by molar-refractivity contribution is 0.143. The van der Waals surface area contributed by atoms with Gasteiger partial charge in [0.25, 0.3) is 0 Å². The molecule has 0 saturated heterocycles. The lowest BCUT2D eigenvalue weighted by Crippen LogP contribution is -2.41. The molecule has 0 unspecified atom stereocenters. The van der Waals surface area contributed by atoms with E-state index in [0.29, 0.717) is 6.54 Å². The summed E-state index contributed by atoms with van der Waals surface area (Å²) in [6, 6.07) is 5.31. The Bertz CT molecular complexity index is 421. The van der Waals surface area contributed by atoms with Crippen LogP contribution in [0.25, 0.3) is 0 Å². The summed E-state index contributed by atoms with van der Waals surface area (Å²) in [5.74, 6) is -0.141. The molecule has 19 heavy (non-hydrogen) atoms. The number of hydrogen-bond acceptors (Lipinski definition) is 2. The molecule has 0 fully saturated rings. The third kappa shape index (κ3) is 4.77. The van der Waals surface area contributed by atoms with Crippen molar-refractivity contribution in [3.63, 3.8) is 0 Å². The fourth-order valence-electron chi connectivity index (χ4n) is 2.00. The van der Waals surface area contributed by atoms with Gasteiger partial charge in [-0.25, -0.2) is 4.39 Å². The van der Waals surface area contributed by atoms with Gasteiger partial charge in [0.15, 0.2) is 0 Å². The van der Waals surface area contributed by atoms with Gasteiger partial charge < -0.3 is 5.32 Å². The summed E-state index contributed by atoms with van der Waals surface area (Å²) in [5.41, 5.74) is 1.83. The third-order valence-electron chi connectivity index (χ3n) is 3.15. The molecule has 3 heteroatoms. The zero-order valence-electron chi connectivity index (χ0n) is 12.5. The lowest BCUT2D eigenvalue weighted by Gasteiger charge is -2.35. The summed E-state index contributed by atoms with van der Waals surface area (Å²) < 4.78 is 13.9. The van der Waals surface area contributed by atoms with E-state index >= 15 is 0 Å². The summed E-state index contributed by atoms with van der Waals surface area (Å²) in [5, 5.41) is 3.09. The van der Waals surface area contributed by atoms with E-state index < -0.39 is 0 Å². The van der Waals surface area contributed by atoms with Gasteiger partial charge in [-0.2, -0.15) is 0 Å². The van der Waals surface area contributed by atoms with Gasteiger partial charge in [-0.05, 0) is 39.4 Å². The van der Waals surface area contributed by atoms with Crippen molar-refractivity contribution >= 4 is 0 Å². The molecule has 1 aromatic carbocycles. The zero-order valence-corrected chi connectivity index (χ0v) is 12.5. The van der Waals surface area contributed by atoms with E-state index in [9.17, 15) is 4.39 Å². The van der Waals surface area contributed by atoms with Crippen molar-refractivity contribution in [2.24, 2.45) is 0 Å². The second-order valence-electron chi connectivity index (χ2n) is 5.80. The number of hydrogen-bond donors (Lipinski definition) is 1. The van der Waals surface area contributed by atoms with Gasteiger partial charge in [-0.15, -0.1) is 6.58 Å².